The largest absolute Gasteiger partial charge is 0.467 e. The van der Waals surface area contributed by atoms with Gasteiger partial charge in [-0.25, -0.2) is 0 Å². The Kier molecular flexibility index (Phi) is 5.96. The van der Waals surface area contributed by atoms with Crippen molar-refractivity contribution in [3.05, 3.63) is 76.5 Å². The maximum atomic E-state index is 13.4. The van der Waals surface area contributed by atoms with Crippen LogP contribution in [0.5, 0.6) is 0 Å². The monoisotopic (exact) mass is 437 g/mol. The molecule has 1 N–H and O–H groups in total. The van der Waals surface area contributed by atoms with Gasteiger partial charge in [-0.15, -0.1) is 11.8 Å². The molecule has 0 radical (unpaired) electrons. The molecule has 0 aliphatic carbocycles. The predicted octanol–water partition coefficient (Wildman–Crippen LogP) is 4.52. The minimum absolute atomic E-state index is 0.107. The number of anilines is 1. The van der Waals surface area contributed by atoms with E-state index in [2.05, 4.69) is 9.88 Å². The Hall–Kier alpha value is -2.93. The van der Waals surface area contributed by atoms with Crippen LogP contribution in [0.1, 0.15) is 38.6 Å². The van der Waals surface area contributed by atoms with Crippen LogP contribution in [0, 0.1) is 27.7 Å². The molecule has 6 nitrogen and oxygen atoms in total. The summed E-state index contributed by atoms with van der Waals surface area (Å²) < 4.78 is 7.53. The first-order chi connectivity index (χ1) is 14.8. The van der Waals surface area contributed by atoms with E-state index in [1.54, 1.807) is 22.9 Å². The third kappa shape index (κ3) is 4.28. The lowest BCUT2D eigenvalue weighted by Crippen LogP contribution is -2.44. The van der Waals surface area contributed by atoms with Crippen molar-refractivity contribution in [3.8, 4) is 0 Å². The van der Waals surface area contributed by atoms with Gasteiger partial charge in [-0.05, 0) is 69.2 Å². The summed E-state index contributed by atoms with van der Waals surface area (Å²) in [6.45, 7) is 8.55. The first-order valence-electron chi connectivity index (χ1n) is 10.3. The number of carbonyl (C=O) groups is 2. The molecule has 1 atom stereocenters. The van der Waals surface area contributed by atoms with Gasteiger partial charge in [0.05, 0.1) is 24.2 Å². The summed E-state index contributed by atoms with van der Waals surface area (Å²) in [5, 5.41) is 2.99. The number of nitrogens with one attached hydrogen (secondary N) is 1. The fraction of sp³-hybridized carbons (Fsp3) is 0.333. The SMILES string of the molecule is Cc1ccc(NC(=O)C2CSCN2C(=O)c2cc(C)n(Cc3ccco3)c2C)cc1C. The zero-order chi connectivity index (χ0) is 22.1. The highest BCUT2D eigenvalue weighted by atomic mass is 32.2. The lowest BCUT2D eigenvalue weighted by atomic mass is 10.1. The summed E-state index contributed by atoms with van der Waals surface area (Å²) in [6, 6.07) is 11.0. The van der Waals surface area contributed by atoms with Crippen LogP contribution < -0.4 is 5.32 Å². The number of aromatic nitrogens is 1. The normalized spacial score (nSPS) is 16.0. The van der Waals surface area contributed by atoms with E-state index in [-0.39, 0.29) is 11.8 Å². The van der Waals surface area contributed by atoms with Crippen LogP contribution in [0.15, 0.2) is 47.1 Å². The third-order valence-corrected chi connectivity index (χ3v) is 6.93. The van der Waals surface area contributed by atoms with Crippen molar-refractivity contribution in [2.75, 3.05) is 16.9 Å². The molecular weight excluding hydrogens is 410 g/mol. The Bertz CT molecular complexity index is 1120. The Morgan fingerprint density at radius 3 is 2.65 bits per heavy atom. The summed E-state index contributed by atoms with van der Waals surface area (Å²) in [7, 11) is 0. The van der Waals surface area contributed by atoms with E-state index in [9.17, 15) is 9.59 Å². The van der Waals surface area contributed by atoms with Crippen molar-refractivity contribution in [2.24, 2.45) is 0 Å². The van der Waals surface area contributed by atoms with Gasteiger partial charge in [0, 0.05) is 22.8 Å². The van der Waals surface area contributed by atoms with E-state index in [4.69, 9.17) is 4.42 Å². The van der Waals surface area contributed by atoms with Crippen molar-refractivity contribution in [1.29, 1.82) is 0 Å². The van der Waals surface area contributed by atoms with Gasteiger partial charge in [0.25, 0.3) is 5.91 Å². The summed E-state index contributed by atoms with van der Waals surface area (Å²) in [5.41, 5.74) is 5.56. The number of benzene rings is 1. The molecule has 1 aliphatic rings. The summed E-state index contributed by atoms with van der Waals surface area (Å²) >= 11 is 1.60. The van der Waals surface area contributed by atoms with Gasteiger partial charge in [0.2, 0.25) is 5.91 Å². The number of carbonyl (C=O) groups excluding carboxylic acids is 2. The lowest BCUT2D eigenvalue weighted by molar-refractivity contribution is -0.119. The molecule has 2 amide bonds. The minimum atomic E-state index is -0.493. The fourth-order valence-corrected chi connectivity index (χ4v) is 5.03. The molecule has 0 bridgehead atoms. The van der Waals surface area contributed by atoms with Crippen LogP contribution in [0.25, 0.3) is 0 Å². The van der Waals surface area contributed by atoms with E-state index in [1.165, 1.54) is 5.56 Å². The minimum Gasteiger partial charge on any atom is -0.467 e. The Labute approximate surface area is 186 Å². The predicted molar refractivity (Wildman–Crippen MR) is 124 cm³/mol. The van der Waals surface area contributed by atoms with Crippen LogP contribution in [0.4, 0.5) is 5.69 Å². The lowest BCUT2D eigenvalue weighted by Gasteiger charge is -2.23. The zero-order valence-electron chi connectivity index (χ0n) is 18.3. The number of rotatable bonds is 5. The average molecular weight is 438 g/mol. The molecule has 1 unspecified atom stereocenters. The number of nitrogens with zero attached hydrogens (tertiary/aromatic N) is 2. The van der Waals surface area contributed by atoms with Crippen molar-refractivity contribution in [3.63, 3.8) is 0 Å². The van der Waals surface area contributed by atoms with Gasteiger partial charge in [-0.2, -0.15) is 0 Å². The quantitative estimate of drug-likeness (QED) is 0.637. The van der Waals surface area contributed by atoms with E-state index in [1.807, 2.05) is 64.1 Å². The molecule has 3 aromatic rings. The van der Waals surface area contributed by atoms with Crippen LogP contribution in [0.2, 0.25) is 0 Å². The van der Waals surface area contributed by atoms with Gasteiger partial charge < -0.3 is 19.2 Å². The summed E-state index contributed by atoms with van der Waals surface area (Å²) in [5.74, 6) is 1.68. The molecule has 2 aromatic heterocycles. The third-order valence-electron chi connectivity index (χ3n) is 5.92. The molecule has 1 fully saturated rings. The van der Waals surface area contributed by atoms with Crippen LogP contribution in [-0.4, -0.2) is 39.0 Å². The number of hydrogen-bond acceptors (Lipinski definition) is 4. The first kappa shape index (κ1) is 21.3. The Balaban J connectivity index is 1.52. The van der Waals surface area contributed by atoms with E-state index in [0.717, 1.165) is 28.4 Å². The summed E-state index contributed by atoms with van der Waals surface area (Å²) in [6.07, 6.45) is 1.65. The standard InChI is InChI=1S/C24H27N3O3S/c1-15-7-8-19(10-16(15)2)25-23(28)22-13-31-14-27(22)24(29)21-11-17(3)26(18(21)4)12-20-6-5-9-30-20/h5-11,22H,12-14H2,1-4H3,(H,25,28). The molecule has 3 heterocycles. The fourth-order valence-electron chi connectivity index (χ4n) is 3.88. The second-order valence-electron chi connectivity index (χ2n) is 8.03. The highest BCUT2D eigenvalue weighted by Crippen LogP contribution is 2.27. The van der Waals surface area contributed by atoms with Crippen LogP contribution in [0.3, 0.4) is 0 Å². The Morgan fingerprint density at radius 1 is 1.13 bits per heavy atom. The number of aryl methyl sites for hydroxylation is 3. The van der Waals surface area contributed by atoms with Crippen molar-refractivity contribution in [1.82, 2.24) is 9.47 Å². The molecule has 1 saturated heterocycles. The summed E-state index contributed by atoms with van der Waals surface area (Å²) in [4.78, 5) is 28.1. The van der Waals surface area contributed by atoms with E-state index in [0.29, 0.717) is 23.7 Å². The highest BCUT2D eigenvalue weighted by Gasteiger charge is 2.36. The molecule has 162 valence electrons. The Morgan fingerprint density at radius 2 is 1.94 bits per heavy atom. The molecule has 1 aromatic carbocycles. The molecular formula is C24H27N3O3S. The second kappa shape index (κ2) is 8.67. The van der Waals surface area contributed by atoms with Crippen molar-refractivity contribution >= 4 is 29.3 Å². The topological polar surface area (TPSA) is 67.5 Å². The van der Waals surface area contributed by atoms with Crippen LogP contribution >= 0.6 is 11.8 Å². The van der Waals surface area contributed by atoms with Crippen molar-refractivity contribution < 1.29 is 14.0 Å². The van der Waals surface area contributed by atoms with Gasteiger partial charge >= 0.3 is 0 Å². The van der Waals surface area contributed by atoms with Gasteiger partial charge in [-0.1, -0.05) is 6.07 Å². The van der Waals surface area contributed by atoms with Gasteiger partial charge in [0.15, 0.2) is 0 Å². The van der Waals surface area contributed by atoms with Gasteiger partial charge in [-0.3, -0.25) is 9.59 Å². The molecule has 1 aliphatic heterocycles. The highest BCUT2D eigenvalue weighted by molar-refractivity contribution is 7.99. The number of hydrogen-bond donors (Lipinski definition) is 1. The number of thioether (sulfide) groups is 1. The molecule has 31 heavy (non-hydrogen) atoms. The second-order valence-corrected chi connectivity index (χ2v) is 9.03. The van der Waals surface area contributed by atoms with Gasteiger partial charge in [0.1, 0.15) is 11.8 Å². The first-order valence-corrected chi connectivity index (χ1v) is 11.5. The molecule has 4 rings (SSSR count). The number of amides is 2. The molecule has 0 spiro atoms. The zero-order valence-corrected chi connectivity index (χ0v) is 19.1. The maximum absolute atomic E-state index is 13.4. The molecule has 7 heteroatoms. The molecule has 0 saturated carbocycles. The number of furan rings is 1. The average Bonchev–Trinajstić information content (AvgIpc) is 3.48. The van der Waals surface area contributed by atoms with E-state index >= 15 is 0 Å². The van der Waals surface area contributed by atoms with Crippen molar-refractivity contribution in [2.45, 2.75) is 40.3 Å². The smallest absolute Gasteiger partial charge is 0.257 e. The van der Waals surface area contributed by atoms with E-state index < -0.39 is 6.04 Å². The maximum Gasteiger partial charge on any atom is 0.257 e. The van der Waals surface area contributed by atoms with Crippen LogP contribution in [-0.2, 0) is 11.3 Å².